The van der Waals surface area contributed by atoms with Crippen LogP contribution in [0.2, 0.25) is 0 Å². The molecule has 18 heavy (non-hydrogen) atoms. The first-order valence-corrected chi connectivity index (χ1v) is 6.67. The standard InChI is InChI=1S/C16H18N2/c1-2-18-15(12-16(17-18)14-9-10-14)11-8-13-6-4-3-5-7-13/h3-8,11-12,14H,2,9-10H2,1H3/b11-8+. The van der Waals surface area contributed by atoms with Gasteiger partial charge < -0.3 is 0 Å². The Morgan fingerprint density at radius 2 is 2.00 bits per heavy atom. The molecule has 1 aromatic heterocycles. The highest BCUT2D eigenvalue weighted by Crippen LogP contribution is 2.39. The highest BCUT2D eigenvalue weighted by molar-refractivity contribution is 5.68. The van der Waals surface area contributed by atoms with Crippen LogP contribution in [0.25, 0.3) is 12.2 Å². The van der Waals surface area contributed by atoms with Gasteiger partial charge in [0.2, 0.25) is 0 Å². The fourth-order valence-electron chi connectivity index (χ4n) is 2.16. The zero-order valence-electron chi connectivity index (χ0n) is 10.7. The van der Waals surface area contributed by atoms with Crippen LogP contribution in [-0.4, -0.2) is 9.78 Å². The first kappa shape index (κ1) is 11.3. The van der Waals surface area contributed by atoms with E-state index in [1.165, 1.54) is 29.8 Å². The van der Waals surface area contributed by atoms with E-state index in [1.807, 2.05) is 6.07 Å². The van der Waals surface area contributed by atoms with E-state index in [1.54, 1.807) is 0 Å². The molecule has 0 saturated heterocycles. The fourth-order valence-corrected chi connectivity index (χ4v) is 2.16. The van der Waals surface area contributed by atoms with Gasteiger partial charge in [-0.1, -0.05) is 36.4 Å². The first-order chi connectivity index (χ1) is 8.86. The molecular formula is C16H18N2. The summed E-state index contributed by atoms with van der Waals surface area (Å²) in [6, 6.07) is 12.6. The van der Waals surface area contributed by atoms with Gasteiger partial charge in [0.15, 0.2) is 0 Å². The van der Waals surface area contributed by atoms with Crippen molar-refractivity contribution in [1.82, 2.24) is 9.78 Å². The number of hydrogen-bond donors (Lipinski definition) is 0. The van der Waals surface area contributed by atoms with Crippen LogP contribution in [0.1, 0.15) is 42.6 Å². The predicted octanol–water partition coefficient (Wildman–Crippen LogP) is 3.95. The van der Waals surface area contributed by atoms with E-state index in [0.717, 1.165) is 12.5 Å². The second kappa shape index (κ2) is 4.81. The van der Waals surface area contributed by atoms with Gasteiger partial charge in [-0.25, -0.2) is 0 Å². The molecule has 0 spiro atoms. The van der Waals surface area contributed by atoms with E-state index in [0.29, 0.717) is 0 Å². The van der Waals surface area contributed by atoms with Crippen LogP contribution in [0, 0.1) is 0 Å². The Bertz CT molecular complexity index is 548. The monoisotopic (exact) mass is 238 g/mol. The number of hydrogen-bond acceptors (Lipinski definition) is 1. The zero-order chi connectivity index (χ0) is 12.4. The topological polar surface area (TPSA) is 17.8 Å². The van der Waals surface area contributed by atoms with Crippen LogP contribution in [0.3, 0.4) is 0 Å². The normalized spacial score (nSPS) is 15.4. The van der Waals surface area contributed by atoms with Crippen molar-refractivity contribution in [3.8, 4) is 0 Å². The second-order valence-electron chi connectivity index (χ2n) is 4.83. The van der Waals surface area contributed by atoms with Crippen molar-refractivity contribution in [3.05, 3.63) is 53.3 Å². The largest absolute Gasteiger partial charge is 0.265 e. The van der Waals surface area contributed by atoms with Gasteiger partial charge in [0.25, 0.3) is 0 Å². The van der Waals surface area contributed by atoms with Crippen molar-refractivity contribution >= 4 is 12.2 Å². The van der Waals surface area contributed by atoms with Crippen molar-refractivity contribution in [2.75, 3.05) is 0 Å². The minimum atomic E-state index is 0.724. The van der Waals surface area contributed by atoms with Crippen molar-refractivity contribution < 1.29 is 0 Å². The van der Waals surface area contributed by atoms with E-state index in [-0.39, 0.29) is 0 Å². The Hall–Kier alpha value is -1.83. The molecule has 0 bridgehead atoms. The number of benzene rings is 1. The van der Waals surface area contributed by atoms with Crippen LogP contribution in [0.5, 0.6) is 0 Å². The van der Waals surface area contributed by atoms with Crippen molar-refractivity contribution in [3.63, 3.8) is 0 Å². The van der Waals surface area contributed by atoms with Gasteiger partial charge in [-0.3, -0.25) is 4.68 Å². The summed E-state index contributed by atoms with van der Waals surface area (Å²) in [5, 5.41) is 4.67. The lowest BCUT2D eigenvalue weighted by Gasteiger charge is -1.98. The third-order valence-electron chi connectivity index (χ3n) is 3.37. The summed E-state index contributed by atoms with van der Waals surface area (Å²) >= 11 is 0. The molecule has 1 aliphatic rings. The number of nitrogens with zero attached hydrogens (tertiary/aromatic N) is 2. The molecule has 0 radical (unpaired) electrons. The smallest absolute Gasteiger partial charge is 0.0661 e. The summed E-state index contributed by atoms with van der Waals surface area (Å²) in [6.07, 6.45) is 6.93. The molecule has 1 fully saturated rings. The maximum atomic E-state index is 4.67. The minimum absolute atomic E-state index is 0.724. The Labute approximate surface area is 108 Å². The SMILES string of the molecule is CCn1nc(C2CC2)cc1/C=C/c1ccccc1. The van der Waals surface area contributed by atoms with Crippen molar-refractivity contribution in [2.45, 2.75) is 32.2 Å². The van der Waals surface area contributed by atoms with E-state index in [9.17, 15) is 0 Å². The average Bonchev–Trinajstić information content (AvgIpc) is 3.18. The van der Waals surface area contributed by atoms with E-state index >= 15 is 0 Å². The fraction of sp³-hybridized carbons (Fsp3) is 0.312. The molecule has 2 heteroatoms. The summed E-state index contributed by atoms with van der Waals surface area (Å²) in [7, 11) is 0. The highest BCUT2D eigenvalue weighted by atomic mass is 15.3. The molecule has 2 nitrogen and oxygen atoms in total. The van der Waals surface area contributed by atoms with Gasteiger partial charge in [0.1, 0.15) is 0 Å². The average molecular weight is 238 g/mol. The lowest BCUT2D eigenvalue weighted by atomic mass is 10.2. The molecule has 0 aliphatic heterocycles. The molecule has 3 rings (SSSR count). The van der Waals surface area contributed by atoms with E-state index in [4.69, 9.17) is 0 Å². The Balaban J connectivity index is 1.85. The second-order valence-corrected chi connectivity index (χ2v) is 4.83. The quantitative estimate of drug-likeness (QED) is 0.788. The van der Waals surface area contributed by atoms with Crippen LogP contribution in [-0.2, 0) is 6.54 Å². The summed E-state index contributed by atoms with van der Waals surface area (Å²) in [4.78, 5) is 0. The van der Waals surface area contributed by atoms with Crippen molar-refractivity contribution in [1.29, 1.82) is 0 Å². The molecule has 1 heterocycles. The minimum Gasteiger partial charge on any atom is -0.265 e. The summed E-state index contributed by atoms with van der Waals surface area (Å²) < 4.78 is 2.09. The van der Waals surface area contributed by atoms with Gasteiger partial charge in [0.05, 0.1) is 11.4 Å². The van der Waals surface area contributed by atoms with E-state index < -0.39 is 0 Å². The van der Waals surface area contributed by atoms with Gasteiger partial charge in [-0.15, -0.1) is 0 Å². The van der Waals surface area contributed by atoms with Crippen LogP contribution in [0.15, 0.2) is 36.4 Å². The molecule has 0 amide bonds. The summed E-state index contributed by atoms with van der Waals surface area (Å²) in [5.74, 6) is 0.724. The molecule has 0 atom stereocenters. The molecule has 1 aliphatic carbocycles. The molecular weight excluding hydrogens is 220 g/mol. The number of rotatable bonds is 4. The molecule has 0 N–H and O–H groups in total. The first-order valence-electron chi connectivity index (χ1n) is 6.67. The highest BCUT2D eigenvalue weighted by Gasteiger charge is 2.26. The van der Waals surface area contributed by atoms with Gasteiger partial charge in [0, 0.05) is 12.5 Å². The lowest BCUT2D eigenvalue weighted by molar-refractivity contribution is 0.642. The lowest BCUT2D eigenvalue weighted by Crippen LogP contribution is -1.99. The van der Waals surface area contributed by atoms with E-state index in [2.05, 4.69) is 59.2 Å². The van der Waals surface area contributed by atoms with Crippen LogP contribution in [0.4, 0.5) is 0 Å². The zero-order valence-corrected chi connectivity index (χ0v) is 10.7. The summed E-state index contributed by atoms with van der Waals surface area (Å²) in [5.41, 5.74) is 3.71. The third-order valence-corrected chi connectivity index (χ3v) is 3.37. The number of aromatic nitrogens is 2. The maximum Gasteiger partial charge on any atom is 0.0661 e. The maximum absolute atomic E-state index is 4.67. The van der Waals surface area contributed by atoms with Gasteiger partial charge >= 0.3 is 0 Å². The Morgan fingerprint density at radius 3 is 2.67 bits per heavy atom. The Kier molecular flexibility index (Phi) is 3.01. The molecule has 92 valence electrons. The van der Waals surface area contributed by atoms with Crippen LogP contribution >= 0.6 is 0 Å². The van der Waals surface area contributed by atoms with Crippen molar-refractivity contribution in [2.24, 2.45) is 0 Å². The van der Waals surface area contributed by atoms with Gasteiger partial charge in [-0.05, 0) is 37.5 Å². The third kappa shape index (κ3) is 2.37. The van der Waals surface area contributed by atoms with Gasteiger partial charge in [-0.2, -0.15) is 5.10 Å². The summed E-state index contributed by atoms with van der Waals surface area (Å²) in [6.45, 7) is 3.07. The Morgan fingerprint density at radius 1 is 1.22 bits per heavy atom. The predicted molar refractivity (Wildman–Crippen MR) is 75.2 cm³/mol. The molecule has 1 aromatic carbocycles. The number of aryl methyl sites for hydroxylation is 1. The molecule has 2 aromatic rings. The molecule has 0 unspecified atom stereocenters. The van der Waals surface area contributed by atoms with Crippen LogP contribution < -0.4 is 0 Å². The molecule has 1 saturated carbocycles.